The number of hydrogen-bond acceptors (Lipinski definition) is 2. The highest BCUT2D eigenvalue weighted by Gasteiger charge is 2.16. The zero-order valence-corrected chi connectivity index (χ0v) is 13.0. The van der Waals surface area contributed by atoms with Crippen molar-refractivity contribution in [2.75, 3.05) is 6.61 Å². The van der Waals surface area contributed by atoms with Crippen molar-refractivity contribution in [1.29, 1.82) is 0 Å². The molecule has 2 heterocycles. The molecule has 114 valence electrons. The second-order valence-electron chi connectivity index (χ2n) is 5.48. The maximum absolute atomic E-state index is 13.3. The summed E-state index contributed by atoms with van der Waals surface area (Å²) in [6.07, 6.45) is 2.65. The van der Waals surface area contributed by atoms with E-state index in [4.69, 9.17) is 16.3 Å². The summed E-state index contributed by atoms with van der Waals surface area (Å²) in [4.78, 5) is 4.43. The largest absolute Gasteiger partial charge is 0.493 e. The van der Waals surface area contributed by atoms with Crippen LogP contribution < -0.4 is 4.74 Å². The lowest BCUT2D eigenvalue weighted by Crippen LogP contribution is -1.88. The van der Waals surface area contributed by atoms with Gasteiger partial charge in [-0.2, -0.15) is 0 Å². The summed E-state index contributed by atoms with van der Waals surface area (Å²) >= 11 is 6.39. The first-order chi connectivity index (χ1) is 11.2. The van der Waals surface area contributed by atoms with E-state index in [0.717, 1.165) is 40.1 Å². The van der Waals surface area contributed by atoms with Gasteiger partial charge >= 0.3 is 0 Å². The van der Waals surface area contributed by atoms with Gasteiger partial charge in [0.15, 0.2) is 0 Å². The standard InChI is InChI=1S/C19H13ClFNO/c20-17-9-13-6-7-23-19(13)10-16(17)14-4-5-18(22-11-14)12-2-1-3-15(21)8-12/h1-5,8-11H,6-7H2. The maximum Gasteiger partial charge on any atom is 0.123 e. The van der Waals surface area contributed by atoms with Crippen LogP contribution in [0.4, 0.5) is 4.39 Å². The molecule has 1 aliphatic rings. The lowest BCUT2D eigenvalue weighted by Gasteiger charge is -2.08. The number of fused-ring (bicyclic) bond motifs is 1. The molecule has 0 radical (unpaired) electrons. The third-order valence-corrected chi connectivity index (χ3v) is 4.29. The molecule has 0 unspecified atom stereocenters. The first-order valence-electron chi connectivity index (χ1n) is 7.38. The summed E-state index contributed by atoms with van der Waals surface area (Å²) in [7, 11) is 0. The van der Waals surface area contributed by atoms with E-state index < -0.39 is 0 Å². The molecule has 1 aromatic heterocycles. The van der Waals surface area contributed by atoms with Crippen LogP contribution in [0.1, 0.15) is 5.56 Å². The van der Waals surface area contributed by atoms with Crippen molar-refractivity contribution in [3.8, 4) is 28.1 Å². The first kappa shape index (κ1) is 14.2. The van der Waals surface area contributed by atoms with Crippen LogP contribution >= 0.6 is 11.6 Å². The molecule has 0 fully saturated rings. The Bertz CT molecular complexity index is 877. The second-order valence-corrected chi connectivity index (χ2v) is 5.89. The highest BCUT2D eigenvalue weighted by molar-refractivity contribution is 6.33. The number of aromatic nitrogens is 1. The minimum atomic E-state index is -0.271. The Morgan fingerprint density at radius 2 is 1.96 bits per heavy atom. The van der Waals surface area contributed by atoms with Crippen LogP contribution in [0, 0.1) is 5.82 Å². The van der Waals surface area contributed by atoms with Crippen LogP contribution in [0.5, 0.6) is 5.75 Å². The topological polar surface area (TPSA) is 22.1 Å². The highest BCUT2D eigenvalue weighted by Crippen LogP contribution is 2.37. The van der Waals surface area contributed by atoms with Gasteiger partial charge in [-0.25, -0.2) is 4.39 Å². The van der Waals surface area contributed by atoms with Crippen molar-refractivity contribution in [2.24, 2.45) is 0 Å². The lowest BCUT2D eigenvalue weighted by molar-refractivity contribution is 0.357. The Morgan fingerprint density at radius 1 is 1.04 bits per heavy atom. The monoisotopic (exact) mass is 325 g/mol. The van der Waals surface area contributed by atoms with E-state index in [1.807, 2.05) is 30.3 Å². The molecule has 0 N–H and O–H groups in total. The average Bonchev–Trinajstić information content (AvgIpc) is 3.01. The third kappa shape index (κ3) is 2.68. The first-order valence-corrected chi connectivity index (χ1v) is 7.76. The van der Waals surface area contributed by atoms with E-state index in [-0.39, 0.29) is 5.82 Å². The smallest absolute Gasteiger partial charge is 0.123 e. The highest BCUT2D eigenvalue weighted by atomic mass is 35.5. The fourth-order valence-electron chi connectivity index (χ4n) is 2.79. The molecule has 3 aromatic rings. The van der Waals surface area contributed by atoms with E-state index in [1.54, 1.807) is 12.3 Å². The molecule has 0 saturated heterocycles. The zero-order valence-electron chi connectivity index (χ0n) is 12.2. The molecule has 0 bridgehead atoms. The van der Waals surface area contributed by atoms with Crippen molar-refractivity contribution < 1.29 is 9.13 Å². The van der Waals surface area contributed by atoms with E-state index in [2.05, 4.69) is 4.98 Å². The summed E-state index contributed by atoms with van der Waals surface area (Å²) in [6.45, 7) is 0.700. The summed E-state index contributed by atoms with van der Waals surface area (Å²) in [5, 5.41) is 0.689. The number of pyridine rings is 1. The van der Waals surface area contributed by atoms with Crippen LogP contribution in [-0.2, 0) is 6.42 Å². The molecule has 0 atom stereocenters. The van der Waals surface area contributed by atoms with Gasteiger partial charge in [-0.15, -0.1) is 0 Å². The number of ether oxygens (including phenoxy) is 1. The Labute approximate surface area is 138 Å². The molecule has 4 rings (SSSR count). The second kappa shape index (κ2) is 5.67. The van der Waals surface area contributed by atoms with Gasteiger partial charge in [-0.05, 0) is 35.9 Å². The fourth-order valence-corrected chi connectivity index (χ4v) is 3.08. The number of nitrogens with zero attached hydrogens (tertiary/aromatic N) is 1. The number of rotatable bonds is 2. The van der Waals surface area contributed by atoms with Gasteiger partial charge in [0.2, 0.25) is 0 Å². The van der Waals surface area contributed by atoms with Crippen molar-refractivity contribution in [1.82, 2.24) is 4.98 Å². The summed E-state index contributed by atoms with van der Waals surface area (Å²) < 4.78 is 18.9. The summed E-state index contributed by atoms with van der Waals surface area (Å²) in [5.41, 5.74) is 4.42. The van der Waals surface area contributed by atoms with Crippen LogP contribution in [0.3, 0.4) is 0 Å². The SMILES string of the molecule is Fc1cccc(-c2ccc(-c3cc4c(cc3Cl)CCO4)cn2)c1. The predicted octanol–water partition coefficient (Wildman–Crippen LogP) is 5.14. The van der Waals surface area contributed by atoms with Crippen molar-refractivity contribution in [3.05, 3.63) is 71.1 Å². The van der Waals surface area contributed by atoms with Crippen molar-refractivity contribution >= 4 is 11.6 Å². The van der Waals surface area contributed by atoms with E-state index in [0.29, 0.717) is 11.6 Å². The average molecular weight is 326 g/mol. The van der Waals surface area contributed by atoms with Gasteiger partial charge in [-0.1, -0.05) is 29.8 Å². The Balaban J connectivity index is 1.71. The molecule has 2 nitrogen and oxygen atoms in total. The van der Waals surface area contributed by atoms with Crippen LogP contribution in [-0.4, -0.2) is 11.6 Å². The molecule has 1 aliphatic heterocycles. The molecule has 2 aromatic carbocycles. The number of halogens is 2. The van der Waals surface area contributed by atoms with Gasteiger partial charge in [0.05, 0.1) is 12.3 Å². The molecule has 0 spiro atoms. The normalized spacial score (nSPS) is 12.8. The maximum atomic E-state index is 13.3. The predicted molar refractivity (Wildman–Crippen MR) is 89.3 cm³/mol. The van der Waals surface area contributed by atoms with E-state index in [9.17, 15) is 4.39 Å². The van der Waals surface area contributed by atoms with Gasteiger partial charge in [0, 0.05) is 34.3 Å². The Morgan fingerprint density at radius 3 is 2.74 bits per heavy atom. The van der Waals surface area contributed by atoms with Gasteiger partial charge in [0.25, 0.3) is 0 Å². The van der Waals surface area contributed by atoms with Gasteiger partial charge in [0.1, 0.15) is 11.6 Å². The Kier molecular flexibility index (Phi) is 3.50. The minimum absolute atomic E-state index is 0.271. The van der Waals surface area contributed by atoms with E-state index >= 15 is 0 Å². The number of hydrogen-bond donors (Lipinski definition) is 0. The zero-order chi connectivity index (χ0) is 15.8. The third-order valence-electron chi connectivity index (χ3n) is 3.97. The molecule has 0 amide bonds. The molecule has 0 aliphatic carbocycles. The Hall–Kier alpha value is -2.39. The van der Waals surface area contributed by atoms with Crippen LogP contribution in [0.15, 0.2) is 54.7 Å². The van der Waals surface area contributed by atoms with E-state index in [1.165, 1.54) is 12.1 Å². The quantitative estimate of drug-likeness (QED) is 0.650. The molecular formula is C19H13ClFNO. The van der Waals surface area contributed by atoms with Gasteiger partial charge < -0.3 is 4.74 Å². The van der Waals surface area contributed by atoms with Crippen molar-refractivity contribution in [3.63, 3.8) is 0 Å². The number of benzene rings is 2. The summed E-state index contributed by atoms with van der Waals surface area (Å²) in [5.74, 6) is 0.616. The van der Waals surface area contributed by atoms with Crippen LogP contribution in [0.25, 0.3) is 22.4 Å². The molecule has 23 heavy (non-hydrogen) atoms. The molecule has 4 heteroatoms. The minimum Gasteiger partial charge on any atom is -0.493 e. The molecule has 0 saturated carbocycles. The molecular weight excluding hydrogens is 313 g/mol. The summed E-state index contributed by atoms with van der Waals surface area (Å²) in [6, 6.07) is 14.1. The van der Waals surface area contributed by atoms with Gasteiger partial charge in [-0.3, -0.25) is 4.98 Å². The fraction of sp³-hybridized carbons (Fsp3) is 0.105. The van der Waals surface area contributed by atoms with Crippen molar-refractivity contribution in [2.45, 2.75) is 6.42 Å². The lowest BCUT2D eigenvalue weighted by atomic mass is 10.0. The van der Waals surface area contributed by atoms with Crippen LogP contribution in [0.2, 0.25) is 5.02 Å².